The molecule has 0 bridgehead atoms. The van der Waals surface area contributed by atoms with Gasteiger partial charge in [-0.25, -0.2) is 4.39 Å². The molecular formula is C21H27FN3O4+. The summed E-state index contributed by atoms with van der Waals surface area (Å²) in [4.78, 5) is 27.0. The Kier molecular flexibility index (Phi) is 7.97. The Labute approximate surface area is 170 Å². The SMILES string of the molecule is COc1cccc(CN(C)C(=O)C[NH+](C)CC(=O)Nc2cccc(F)c2)c1OC. The highest BCUT2D eigenvalue weighted by Gasteiger charge is 2.19. The van der Waals surface area contributed by atoms with Gasteiger partial charge in [-0.1, -0.05) is 18.2 Å². The van der Waals surface area contributed by atoms with Crippen molar-refractivity contribution in [3.8, 4) is 11.5 Å². The lowest BCUT2D eigenvalue weighted by molar-refractivity contribution is -0.862. The van der Waals surface area contributed by atoms with Crippen LogP contribution >= 0.6 is 0 Å². The molecule has 2 rings (SSSR count). The number of ether oxygens (including phenoxy) is 2. The molecule has 156 valence electrons. The van der Waals surface area contributed by atoms with Crippen molar-refractivity contribution in [2.24, 2.45) is 0 Å². The standard InChI is InChI=1S/C21H26FN3O4/c1-24(13-19(26)23-17-9-6-8-16(22)11-17)14-20(27)25(2)12-15-7-5-10-18(28-3)21(15)29-4/h5-11H,12-14H2,1-4H3,(H,23,26)/p+1. The lowest BCUT2D eigenvalue weighted by Crippen LogP contribution is -3.11. The Bertz CT molecular complexity index is 860. The van der Waals surface area contributed by atoms with Gasteiger partial charge in [-0.2, -0.15) is 0 Å². The minimum absolute atomic E-state index is 0.0819. The average molecular weight is 404 g/mol. The predicted molar refractivity (Wildman–Crippen MR) is 108 cm³/mol. The van der Waals surface area contributed by atoms with Crippen molar-refractivity contribution in [3.63, 3.8) is 0 Å². The van der Waals surface area contributed by atoms with E-state index in [0.717, 1.165) is 5.56 Å². The lowest BCUT2D eigenvalue weighted by Gasteiger charge is -2.21. The predicted octanol–water partition coefficient (Wildman–Crippen LogP) is 0.955. The highest BCUT2D eigenvalue weighted by atomic mass is 19.1. The Hall–Kier alpha value is -3.13. The number of hydrogen-bond donors (Lipinski definition) is 2. The molecule has 7 nitrogen and oxygen atoms in total. The van der Waals surface area contributed by atoms with E-state index in [0.29, 0.717) is 28.6 Å². The fourth-order valence-electron chi connectivity index (χ4n) is 2.92. The van der Waals surface area contributed by atoms with Gasteiger partial charge in [0.25, 0.3) is 11.8 Å². The largest absolute Gasteiger partial charge is 0.493 e. The van der Waals surface area contributed by atoms with Gasteiger partial charge in [0.05, 0.1) is 21.3 Å². The minimum atomic E-state index is -0.423. The summed E-state index contributed by atoms with van der Waals surface area (Å²) < 4.78 is 23.9. The number of amides is 2. The normalized spacial score (nSPS) is 11.5. The highest BCUT2D eigenvalue weighted by Crippen LogP contribution is 2.31. The van der Waals surface area contributed by atoms with E-state index in [1.165, 1.54) is 18.2 Å². The van der Waals surface area contributed by atoms with Crippen LogP contribution in [0.2, 0.25) is 0 Å². The molecule has 2 amide bonds. The molecule has 2 N–H and O–H groups in total. The highest BCUT2D eigenvalue weighted by molar-refractivity contribution is 5.91. The lowest BCUT2D eigenvalue weighted by atomic mass is 10.1. The smallest absolute Gasteiger partial charge is 0.279 e. The zero-order valence-corrected chi connectivity index (χ0v) is 17.1. The van der Waals surface area contributed by atoms with Crippen LogP contribution in [0, 0.1) is 5.82 Å². The Morgan fingerprint density at radius 3 is 2.48 bits per heavy atom. The van der Waals surface area contributed by atoms with Gasteiger partial charge in [0.15, 0.2) is 24.6 Å². The first-order valence-electron chi connectivity index (χ1n) is 9.14. The molecule has 0 saturated carbocycles. The molecule has 2 aromatic rings. The molecule has 0 heterocycles. The van der Waals surface area contributed by atoms with Gasteiger partial charge in [-0.15, -0.1) is 0 Å². The number of rotatable bonds is 9. The van der Waals surface area contributed by atoms with Gasteiger partial charge in [0.1, 0.15) is 5.82 Å². The van der Waals surface area contributed by atoms with Crippen LogP contribution in [0.5, 0.6) is 11.5 Å². The van der Waals surface area contributed by atoms with Gasteiger partial charge in [0, 0.05) is 24.8 Å². The number of hydrogen-bond acceptors (Lipinski definition) is 4. The van der Waals surface area contributed by atoms with Crippen LogP contribution in [-0.4, -0.2) is 58.1 Å². The molecule has 0 fully saturated rings. The maximum atomic E-state index is 13.2. The molecular weight excluding hydrogens is 377 g/mol. The summed E-state index contributed by atoms with van der Waals surface area (Å²) in [5.74, 6) is 0.352. The van der Waals surface area contributed by atoms with Crippen molar-refractivity contribution < 1.29 is 28.4 Å². The Morgan fingerprint density at radius 2 is 1.83 bits per heavy atom. The topological polar surface area (TPSA) is 72.3 Å². The van der Waals surface area contributed by atoms with Crippen molar-refractivity contribution in [3.05, 3.63) is 53.8 Å². The molecule has 0 radical (unpaired) electrons. The quantitative estimate of drug-likeness (QED) is 0.653. The molecule has 0 aliphatic rings. The number of nitrogens with zero attached hydrogens (tertiary/aromatic N) is 1. The van der Waals surface area contributed by atoms with Crippen molar-refractivity contribution in [1.29, 1.82) is 0 Å². The van der Waals surface area contributed by atoms with Crippen molar-refractivity contribution in [2.75, 3.05) is 46.7 Å². The van der Waals surface area contributed by atoms with Crippen LogP contribution in [0.4, 0.5) is 10.1 Å². The van der Waals surface area contributed by atoms with E-state index in [2.05, 4.69) is 5.32 Å². The van der Waals surface area contributed by atoms with Crippen LogP contribution in [0.15, 0.2) is 42.5 Å². The zero-order chi connectivity index (χ0) is 21.4. The average Bonchev–Trinajstić information content (AvgIpc) is 2.67. The molecule has 2 aromatic carbocycles. The zero-order valence-electron chi connectivity index (χ0n) is 17.1. The van der Waals surface area contributed by atoms with E-state index in [1.807, 2.05) is 12.1 Å². The van der Waals surface area contributed by atoms with Gasteiger partial charge in [0.2, 0.25) is 0 Å². The molecule has 0 aromatic heterocycles. The number of halogens is 1. The van der Waals surface area contributed by atoms with Gasteiger partial charge >= 0.3 is 0 Å². The van der Waals surface area contributed by atoms with E-state index in [1.54, 1.807) is 45.3 Å². The summed E-state index contributed by atoms with van der Waals surface area (Å²) in [5.41, 5.74) is 1.21. The van der Waals surface area contributed by atoms with Crippen LogP contribution in [0.25, 0.3) is 0 Å². The molecule has 0 aliphatic heterocycles. The van der Waals surface area contributed by atoms with E-state index in [9.17, 15) is 14.0 Å². The summed E-state index contributed by atoms with van der Waals surface area (Å²) in [6, 6.07) is 11.2. The minimum Gasteiger partial charge on any atom is -0.493 e. The first-order chi connectivity index (χ1) is 13.8. The number of methoxy groups -OCH3 is 2. The van der Waals surface area contributed by atoms with Gasteiger partial charge < -0.3 is 24.6 Å². The maximum Gasteiger partial charge on any atom is 0.279 e. The second kappa shape index (κ2) is 10.4. The van der Waals surface area contributed by atoms with E-state index < -0.39 is 5.82 Å². The summed E-state index contributed by atoms with van der Waals surface area (Å²) in [7, 11) is 6.56. The number of quaternary nitrogens is 1. The first-order valence-corrected chi connectivity index (χ1v) is 9.14. The van der Waals surface area contributed by atoms with Crippen molar-refractivity contribution in [2.45, 2.75) is 6.54 Å². The number of likely N-dealkylation sites (N-methyl/N-ethyl adjacent to an activating group) is 2. The second-order valence-corrected chi connectivity index (χ2v) is 6.77. The second-order valence-electron chi connectivity index (χ2n) is 6.77. The Balaban J connectivity index is 1.89. The molecule has 29 heavy (non-hydrogen) atoms. The maximum absolute atomic E-state index is 13.2. The molecule has 0 aliphatic carbocycles. The fourth-order valence-corrected chi connectivity index (χ4v) is 2.92. The number of carbonyl (C=O) groups excluding carboxylic acids is 2. The van der Waals surface area contributed by atoms with Crippen LogP contribution in [0.1, 0.15) is 5.56 Å². The number of benzene rings is 2. The number of nitrogens with one attached hydrogen (secondary N) is 2. The monoisotopic (exact) mass is 404 g/mol. The van der Waals surface area contributed by atoms with E-state index >= 15 is 0 Å². The van der Waals surface area contributed by atoms with Crippen LogP contribution in [0.3, 0.4) is 0 Å². The fraction of sp³-hybridized carbons (Fsp3) is 0.333. The first kappa shape index (κ1) is 22.2. The third-order valence-corrected chi connectivity index (χ3v) is 4.34. The van der Waals surface area contributed by atoms with Gasteiger partial charge in [-0.3, -0.25) is 9.59 Å². The van der Waals surface area contributed by atoms with Crippen LogP contribution in [-0.2, 0) is 16.1 Å². The molecule has 1 unspecified atom stereocenters. The summed E-state index contributed by atoms with van der Waals surface area (Å²) in [5, 5.41) is 2.63. The van der Waals surface area contributed by atoms with E-state index in [-0.39, 0.29) is 24.9 Å². The summed E-state index contributed by atoms with van der Waals surface area (Å²) in [6.45, 7) is 0.569. The third kappa shape index (κ3) is 6.46. The van der Waals surface area contributed by atoms with Crippen molar-refractivity contribution in [1.82, 2.24) is 4.90 Å². The van der Waals surface area contributed by atoms with E-state index in [4.69, 9.17) is 9.47 Å². The van der Waals surface area contributed by atoms with Crippen molar-refractivity contribution >= 4 is 17.5 Å². The molecule has 8 heteroatoms. The van der Waals surface area contributed by atoms with Gasteiger partial charge in [-0.05, 0) is 24.3 Å². The summed E-state index contributed by atoms with van der Waals surface area (Å²) >= 11 is 0. The molecule has 1 atom stereocenters. The number of anilines is 1. The summed E-state index contributed by atoms with van der Waals surface area (Å²) in [6.07, 6.45) is 0. The number of carbonyl (C=O) groups is 2. The molecule has 0 saturated heterocycles. The third-order valence-electron chi connectivity index (χ3n) is 4.34. The van der Waals surface area contributed by atoms with Crippen LogP contribution < -0.4 is 19.7 Å². The number of para-hydroxylation sites is 1. The Morgan fingerprint density at radius 1 is 1.10 bits per heavy atom. The molecule has 0 spiro atoms.